The summed E-state index contributed by atoms with van der Waals surface area (Å²) in [6, 6.07) is 9.27. The van der Waals surface area contributed by atoms with Crippen molar-refractivity contribution in [2.45, 2.75) is 76.8 Å². The van der Waals surface area contributed by atoms with Crippen molar-refractivity contribution in [1.82, 2.24) is 25.5 Å². The molecule has 1 heterocycles. The number of hydrogen-bond donors (Lipinski definition) is 2. The van der Waals surface area contributed by atoms with Crippen molar-refractivity contribution < 1.29 is 0 Å². The molecule has 6 nitrogen and oxygen atoms in total. The van der Waals surface area contributed by atoms with Crippen LogP contribution in [-0.2, 0) is 0 Å². The molecule has 158 valence electrons. The van der Waals surface area contributed by atoms with E-state index in [1.54, 1.807) is 0 Å². The summed E-state index contributed by atoms with van der Waals surface area (Å²) in [6.45, 7) is 3.94. The second-order valence-electron chi connectivity index (χ2n) is 9.16. The summed E-state index contributed by atoms with van der Waals surface area (Å²) >= 11 is 0. The van der Waals surface area contributed by atoms with Gasteiger partial charge in [0, 0.05) is 0 Å². The molecule has 2 fully saturated rings. The SMILES string of the molecule is Cc1ccc(C(NCC2CCCC(CN)C2)c2nnnn2C2CCCCC2)cc1. The highest BCUT2D eigenvalue weighted by Gasteiger charge is 2.28. The first-order chi connectivity index (χ1) is 14.2. The minimum atomic E-state index is 0.0331. The van der Waals surface area contributed by atoms with Gasteiger partial charge in [0.15, 0.2) is 5.82 Å². The zero-order valence-corrected chi connectivity index (χ0v) is 17.8. The molecule has 2 aliphatic rings. The molecule has 0 aliphatic heterocycles. The quantitative estimate of drug-likeness (QED) is 0.741. The van der Waals surface area contributed by atoms with E-state index < -0.39 is 0 Å². The van der Waals surface area contributed by atoms with Gasteiger partial charge >= 0.3 is 0 Å². The maximum absolute atomic E-state index is 5.96. The Bertz CT molecular complexity index is 749. The van der Waals surface area contributed by atoms with Gasteiger partial charge in [-0.3, -0.25) is 0 Å². The lowest BCUT2D eigenvalue weighted by Gasteiger charge is -2.30. The number of tetrazole rings is 1. The molecule has 2 aliphatic carbocycles. The molecule has 4 rings (SSSR count). The molecular weight excluding hydrogens is 360 g/mol. The van der Waals surface area contributed by atoms with Gasteiger partial charge < -0.3 is 11.1 Å². The molecule has 2 saturated carbocycles. The van der Waals surface area contributed by atoms with Crippen LogP contribution in [0.1, 0.15) is 86.8 Å². The van der Waals surface area contributed by atoms with Crippen molar-refractivity contribution >= 4 is 0 Å². The van der Waals surface area contributed by atoms with Crippen molar-refractivity contribution in [1.29, 1.82) is 0 Å². The van der Waals surface area contributed by atoms with Gasteiger partial charge in [-0.05, 0) is 79.9 Å². The average Bonchev–Trinajstić information content (AvgIpc) is 3.25. The van der Waals surface area contributed by atoms with Gasteiger partial charge in [-0.1, -0.05) is 55.5 Å². The average molecular weight is 397 g/mol. The van der Waals surface area contributed by atoms with E-state index in [-0.39, 0.29) is 6.04 Å². The van der Waals surface area contributed by atoms with Crippen LogP contribution >= 0.6 is 0 Å². The summed E-state index contributed by atoms with van der Waals surface area (Å²) in [4.78, 5) is 0. The molecule has 1 aromatic carbocycles. The van der Waals surface area contributed by atoms with Crippen LogP contribution in [0, 0.1) is 18.8 Å². The van der Waals surface area contributed by atoms with E-state index in [1.807, 2.05) is 0 Å². The maximum atomic E-state index is 5.96. The topological polar surface area (TPSA) is 81.7 Å². The second kappa shape index (κ2) is 9.81. The molecule has 1 aromatic heterocycles. The zero-order valence-electron chi connectivity index (χ0n) is 17.8. The first kappa shape index (κ1) is 20.5. The van der Waals surface area contributed by atoms with Crippen LogP contribution in [0.5, 0.6) is 0 Å². The van der Waals surface area contributed by atoms with Crippen LogP contribution < -0.4 is 11.1 Å². The second-order valence-corrected chi connectivity index (χ2v) is 9.16. The molecule has 0 spiro atoms. The number of nitrogens with one attached hydrogen (secondary N) is 1. The lowest BCUT2D eigenvalue weighted by Crippen LogP contribution is -2.34. The first-order valence-electron chi connectivity index (χ1n) is 11.5. The van der Waals surface area contributed by atoms with E-state index in [2.05, 4.69) is 56.7 Å². The van der Waals surface area contributed by atoms with Crippen LogP contribution in [-0.4, -0.2) is 33.3 Å². The predicted octanol–water partition coefficient (Wildman–Crippen LogP) is 3.93. The number of rotatable bonds is 7. The molecular formula is C23H36N6. The highest BCUT2D eigenvalue weighted by atomic mass is 15.6. The number of aromatic nitrogens is 4. The Morgan fingerprint density at radius 3 is 2.55 bits per heavy atom. The van der Waals surface area contributed by atoms with Crippen molar-refractivity contribution in [3.05, 3.63) is 41.2 Å². The van der Waals surface area contributed by atoms with Crippen LogP contribution in [0.4, 0.5) is 0 Å². The lowest BCUT2D eigenvalue weighted by molar-refractivity contribution is 0.257. The monoisotopic (exact) mass is 396 g/mol. The molecule has 3 atom stereocenters. The van der Waals surface area contributed by atoms with E-state index in [4.69, 9.17) is 5.73 Å². The predicted molar refractivity (Wildman–Crippen MR) is 115 cm³/mol. The fourth-order valence-corrected chi connectivity index (χ4v) is 5.18. The fourth-order valence-electron chi connectivity index (χ4n) is 5.18. The minimum Gasteiger partial charge on any atom is -0.330 e. The number of benzene rings is 1. The third kappa shape index (κ3) is 5.04. The molecule has 0 saturated heterocycles. The number of nitrogens with two attached hydrogens (primary N) is 1. The number of aryl methyl sites for hydroxylation is 1. The van der Waals surface area contributed by atoms with E-state index in [9.17, 15) is 0 Å². The summed E-state index contributed by atoms with van der Waals surface area (Å²) in [6.07, 6.45) is 11.3. The van der Waals surface area contributed by atoms with E-state index in [1.165, 1.54) is 68.9 Å². The summed E-state index contributed by atoms with van der Waals surface area (Å²) in [5.74, 6) is 2.33. The van der Waals surface area contributed by atoms with Crippen LogP contribution in [0.2, 0.25) is 0 Å². The largest absolute Gasteiger partial charge is 0.330 e. The Balaban J connectivity index is 1.55. The van der Waals surface area contributed by atoms with Gasteiger partial charge in [-0.2, -0.15) is 0 Å². The summed E-state index contributed by atoms with van der Waals surface area (Å²) in [5, 5.41) is 16.9. The van der Waals surface area contributed by atoms with Gasteiger partial charge in [0.2, 0.25) is 0 Å². The Hall–Kier alpha value is -1.79. The summed E-state index contributed by atoms with van der Waals surface area (Å²) in [5.41, 5.74) is 8.48. The molecule has 29 heavy (non-hydrogen) atoms. The highest BCUT2D eigenvalue weighted by molar-refractivity contribution is 5.28. The van der Waals surface area contributed by atoms with E-state index >= 15 is 0 Å². The zero-order chi connectivity index (χ0) is 20.1. The number of hydrogen-bond acceptors (Lipinski definition) is 5. The Labute approximate surface area is 174 Å². The van der Waals surface area contributed by atoms with Crippen molar-refractivity contribution in [3.63, 3.8) is 0 Å². The molecule has 2 aromatic rings. The van der Waals surface area contributed by atoms with Crippen LogP contribution in [0.3, 0.4) is 0 Å². The van der Waals surface area contributed by atoms with Crippen molar-refractivity contribution in [3.8, 4) is 0 Å². The molecule has 0 radical (unpaired) electrons. The van der Waals surface area contributed by atoms with E-state index in [0.717, 1.165) is 18.9 Å². The van der Waals surface area contributed by atoms with Crippen LogP contribution in [0.15, 0.2) is 24.3 Å². The fraction of sp³-hybridized carbons (Fsp3) is 0.696. The minimum absolute atomic E-state index is 0.0331. The van der Waals surface area contributed by atoms with Crippen molar-refractivity contribution in [2.75, 3.05) is 13.1 Å². The van der Waals surface area contributed by atoms with E-state index in [0.29, 0.717) is 17.9 Å². The molecule has 6 heteroatoms. The maximum Gasteiger partial charge on any atom is 0.173 e. The first-order valence-corrected chi connectivity index (χ1v) is 11.5. The van der Waals surface area contributed by atoms with Gasteiger partial charge in [-0.15, -0.1) is 5.10 Å². The third-order valence-corrected chi connectivity index (χ3v) is 6.94. The number of nitrogens with zero attached hydrogens (tertiary/aromatic N) is 4. The standard InChI is InChI=1S/C23H36N6/c1-17-10-12-20(13-11-17)22(25-16-19-7-5-6-18(14-19)15-24)23-26-27-28-29(23)21-8-3-2-4-9-21/h10-13,18-19,21-22,25H,2-9,14-16,24H2,1H3. The molecule has 3 unspecified atom stereocenters. The van der Waals surface area contributed by atoms with Crippen LogP contribution in [0.25, 0.3) is 0 Å². The summed E-state index contributed by atoms with van der Waals surface area (Å²) < 4.78 is 2.11. The Morgan fingerprint density at radius 1 is 1.03 bits per heavy atom. The third-order valence-electron chi connectivity index (χ3n) is 6.94. The summed E-state index contributed by atoms with van der Waals surface area (Å²) in [7, 11) is 0. The normalized spacial score (nSPS) is 24.5. The van der Waals surface area contributed by atoms with Crippen molar-refractivity contribution in [2.24, 2.45) is 17.6 Å². The molecule has 3 N–H and O–H groups in total. The van der Waals surface area contributed by atoms with Gasteiger partial charge in [0.05, 0.1) is 12.1 Å². The van der Waals surface area contributed by atoms with Gasteiger partial charge in [0.1, 0.15) is 0 Å². The van der Waals surface area contributed by atoms with Gasteiger partial charge in [0.25, 0.3) is 0 Å². The molecule has 0 amide bonds. The highest BCUT2D eigenvalue weighted by Crippen LogP contribution is 2.32. The Kier molecular flexibility index (Phi) is 6.93. The Morgan fingerprint density at radius 2 is 1.79 bits per heavy atom. The van der Waals surface area contributed by atoms with Gasteiger partial charge in [-0.25, -0.2) is 4.68 Å². The lowest BCUT2D eigenvalue weighted by atomic mass is 9.81. The smallest absolute Gasteiger partial charge is 0.173 e. The molecule has 0 bridgehead atoms.